The third-order valence-electron chi connectivity index (χ3n) is 2.98. The highest BCUT2D eigenvalue weighted by atomic mass is 32.2. The molecule has 1 amide bonds. The molecule has 0 saturated heterocycles. The molecule has 3 rings (SSSR count). The Hall–Kier alpha value is -2.68. The second-order valence-electron chi connectivity index (χ2n) is 4.50. The molecule has 1 atom stereocenters. The fourth-order valence-electron chi connectivity index (χ4n) is 2.01. The Bertz CT molecular complexity index is 827. The molecule has 0 saturated carbocycles. The molecule has 2 aromatic rings. The number of nitrogens with zero attached hydrogens (tertiary/aromatic N) is 3. The highest BCUT2D eigenvalue weighted by molar-refractivity contribution is 8.15. The molecule has 0 unspecified atom stereocenters. The Morgan fingerprint density at radius 2 is 2.14 bits per heavy atom. The number of hydrogen-bond donors (Lipinski definition) is 3. The van der Waals surface area contributed by atoms with Crippen molar-refractivity contribution >= 4 is 45.4 Å². The van der Waals surface area contributed by atoms with Crippen molar-refractivity contribution in [1.82, 2.24) is 4.98 Å². The summed E-state index contributed by atoms with van der Waals surface area (Å²) in [6.07, 6.45) is -0.315. The number of aromatic amines is 1. The predicted molar refractivity (Wildman–Crippen MR) is 80.6 cm³/mol. The number of amides is 1. The highest BCUT2D eigenvalue weighted by Gasteiger charge is 2.30. The summed E-state index contributed by atoms with van der Waals surface area (Å²) in [7, 11) is 0. The van der Waals surface area contributed by atoms with Gasteiger partial charge in [-0.2, -0.15) is 4.99 Å². The zero-order valence-electron chi connectivity index (χ0n) is 11.1. The molecule has 0 aliphatic carbocycles. The number of amidine groups is 1. The number of thioether (sulfide) groups is 1. The van der Waals surface area contributed by atoms with Gasteiger partial charge in [-0.3, -0.25) is 9.59 Å². The molecule has 1 aliphatic rings. The van der Waals surface area contributed by atoms with Crippen molar-refractivity contribution in [2.24, 2.45) is 15.2 Å². The number of aromatic nitrogens is 1. The van der Waals surface area contributed by atoms with Crippen LogP contribution in [0.25, 0.3) is 10.9 Å². The van der Waals surface area contributed by atoms with Gasteiger partial charge in [0.2, 0.25) is 11.0 Å². The van der Waals surface area contributed by atoms with Crippen molar-refractivity contribution in [2.45, 2.75) is 11.7 Å². The smallest absolute Gasteiger partial charge is 0.305 e. The van der Waals surface area contributed by atoms with Crippen LogP contribution in [0.2, 0.25) is 0 Å². The number of H-pyrrole nitrogens is 1. The minimum Gasteiger partial charge on any atom is -0.493 e. The normalized spacial score (nSPS) is 18.3. The lowest BCUT2D eigenvalue weighted by molar-refractivity contribution is -0.138. The van der Waals surface area contributed by atoms with E-state index in [0.717, 1.165) is 11.8 Å². The Morgan fingerprint density at radius 3 is 2.91 bits per heavy atom. The molecule has 112 valence electrons. The minimum absolute atomic E-state index is 0.0842. The maximum Gasteiger partial charge on any atom is 0.305 e. The third-order valence-corrected chi connectivity index (χ3v) is 4.02. The monoisotopic (exact) mass is 318 g/mol. The minimum atomic E-state index is -1.08. The van der Waals surface area contributed by atoms with E-state index in [9.17, 15) is 14.7 Å². The molecule has 9 heteroatoms. The van der Waals surface area contributed by atoms with E-state index < -0.39 is 17.1 Å². The van der Waals surface area contributed by atoms with Crippen molar-refractivity contribution < 1.29 is 19.8 Å². The molecule has 0 radical (unpaired) electrons. The molecule has 1 aromatic carbocycles. The van der Waals surface area contributed by atoms with Crippen LogP contribution in [0.5, 0.6) is 5.88 Å². The predicted octanol–water partition coefficient (Wildman–Crippen LogP) is 2.43. The van der Waals surface area contributed by atoms with Gasteiger partial charge in [0, 0.05) is 5.39 Å². The van der Waals surface area contributed by atoms with E-state index in [2.05, 4.69) is 20.2 Å². The Morgan fingerprint density at radius 1 is 1.36 bits per heavy atom. The largest absolute Gasteiger partial charge is 0.493 e. The molecule has 0 spiro atoms. The molecule has 1 aromatic heterocycles. The van der Waals surface area contributed by atoms with E-state index in [1.165, 1.54) is 0 Å². The number of hydrogen-bond acceptors (Lipinski definition) is 6. The summed E-state index contributed by atoms with van der Waals surface area (Å²) in [6.45, 7) is 0. The van der Waals surface area contributed by atoms with Gasteiger partial charge in [-0.25, -0.2) is 0 Å². The van der Waals surface area contributed by atoms with Gasteiger partial charge in [0.15, 0.2) is 5.69 Å². The van der Waals surface area contributed by atoms with E-state index in [1.54, 1.807) is 18.2 Å². The first-order valence-electron chi connectivity index (χ1n) is 6.27. The van der Waals surface area contributed by atoms with Crippen molar-refractivity contribution in [3.8, 4) is 5.88 Å². The van der Waals surface area contributed by atoms with Gasteiger partial charge in [0.25, 0.3) is 5.91 Å². The number of aromatic hydroxyl groups is 1. The Kier molecular flexibility index (Phi) is 3.63. The number of fused-ring (bicyclic) bond motifs is 1. The van der Waals surface area contributed by atoms with E-state index in [0.29, 0.717) is 10.9 Å². The SMILES string of the molecule is O=C(O)C[C@@H]1SC(N=Nc2c(O)[nH]c3ccccc23)=NC1=O. The molecule has 8 nitrogen and oxygen atoms in total. The topological polar surface area (TPSA) is 127 Å². The number of carbonyl (C=O) groups is 2. The molecule has 0 bridgehead atoms. The molecular weight excluding hydrogens is 308 g/mol. The van der Waals surface area contributed by atoms with Gasteiger partial charge in [-0.05, 0) is 6.07 Å². The van der Waals surface area contributed by atoms with Crippen LogP contribution < -0.4 is 0 Å². The number of carboxylic acids is 1. The van der Waals surface area contributed by atoms with E-state index in [-0.39, 0.29) is 23.2 Å². The molecule has 22 heavy (non-hydrogen) atoms. The number of azo groups is 1. The first kappa shape index (κ1) is 14.3. The van der Waals surface area contributed by atoms with Gasteiger partial charge in [-0.15, -0.1) is 10.2 Å². The standard InChI is InChI=1S/C13H10N4O4S/c18-9(19)5-8-11(20)15-13(22-8)17-16-10-6-3-1-2-4-7(6)14-12(10)21/h1-4,8,14,21H,5H2,(H,18,19)/t8-/m0/s1. The summed E-state index contributed by atoms with van der Waals surface area (Å²) in [6, 6.07) is 7.15. The van der Waals surface area contributed by atoms with E-state index in [4.69, 9.17) is 5.11 Å². The van der Waals surface area contributed by atoms with E-state index >= 15 is 0 Å². The number of aliphatic imine (C=N–C) groups is 1. The van der Waals surface area contributed by atoms with Crippen LogP contribution in [-0.4, -0.2) is 37.5 Å². The van der Waals surface area contributed by atoms with Gasteiger partial charge in [0.1, 0.15) is 5.25 Å². The summed E-state index contributed by atoms with van der Waals surface area (Å²) in [5, 5.41) is 26.3. The van der Waals surface area contributed by atoms with Crippen molar-refractivity contribution in [3.05, 3.63) is 24.3 Å². The van der Waals surface area contributed by atoms with Crippen LogP contribution in [0.1, 0.15) is 6.42 Å². The van der Waals surface area contributed by atoms with Crippen LogP contribution in [0, 0.1) is 0 Å². The third kappa shape index (κ3) is 2.70. The molecular formula is C13H10N4O4S. The summed E-state index contributed by atoms with van der Waals surface area (Å²) >= 11 is 0.948. The van der Waals surface area contributed by atoms with Crippen molar-refractivity contribution in [2.75, 3.05) is 0 Å². The first-order chi connectivity index (χ1) is 10.5. The second kappa shape index (κ2) is 5.60. The summed E-state index contributed by atoms with van der Waals surface area (Å²) in [5.74, 6) is -1.75. The first-order valence-corrected chi connectivity index (χ1v) is 7.15. The lowest BCUT2D eigenvalue weighted by Gasteiger charge is -1.99. The summed E-state index contributed by atoms with van der Waals surface area (Å²) in [4.78, 5) is 28.6. The molecule has 0 fully saturated rings. The number of aliphatic carboxylic acids is 1. The summed E-state index contributed by atoms with van der Waals surface area (Å²) in [5.41, 5.74) is 0.947. The molecule has 3 N–H and O–H groups in total. The lowest BCUT2D eigenvalue weighted by Crippen LogP contribution is -2.15. The number of nitrogens with one attached hydrogen (secondary N) is 1. The van der Waals surface area contributed by atoms with Crippen LogP contribution in [0.15, 0.2) is 39.5 Å². The second-order valence-corrected chi connectivity index (χ2v) is 5.67. The average molecular weight is 318 g/mol. The zero-order chi connectivity index (χ0) is 15.7. The van der Waals surface area contributed by atoms with Crippen LogP contribution in [-0.2, 0) is 9.59 Å². The van der Waals surface area contributed by atoms with Crippen molar-refractivity contribution in [1.29, 1.82) is 0 Å². The van der Waals surface area contributed by atoms with Gasteiger partial charge in [-0.1, -0.05) is 30.0 Å². The number of rotatable bonds is 3. The van der Waals surface area contributed by atoms with Gasteiger partial charge >= 0.3 is 5.97 Å². The fourth-order valence-corrected chi connectivity index (χ4v) is 2.88. The van der Waals surface area contributed by atoms with E-state index in [1.807, 2.05) is 6.07 Å². The maximum absolute atomic E-state index is 11.5. The average Bonchev–Trinajstić information content (AvgIpc) is 2.96. The van der Waals surface area contributed by atoms with Crippen LogP contribution in [0.3, 0.4) is 0 Å². The van der Waals surface area contributed by atoms with Gasteiger partial charge < -0.3 is 15.2 Å². The number of para-hydroxylation sites is 1. The lowest BCUT2D eigenvalue weighted by atomic mass is 10.2. The van der Waals surface area contributed by atoms with Crippen LogP contribution in [0.4, 0.5) is 5.69 Å². The zero-order valence-corrected chi connectivity index (χ0v) is 11.9. The number of carbonyl (C=O) groups excluding carboxylic acids is 1. The Labute approximate surface area is 128 Å². The number of benzene rings is 1. The molecule has 1 aliphatic heterocycles. The quantitative estimate of drug-likeness (QED) is 0.749. The fraction of sp³-hybridized carbons (Fsp3) is 0.154. The maximum atomic E-state index is 11.5. The van der Waals surface area contributed by atoms with Crippen molar-refractivity contribution in [3.63, 3.8) is 0 Å². The van der Waals surface area contributed by atoms with Gasteiger partial charge in [0.05, 0.1) is 11.9 Å². The molecule has 2 heterocycles. The van der Waals surface area contributed by atoms with Crippen LogP contribution >= 0.6 is 11.8 Å². The Balaban J connectivity index is 1.82. The number of carboxylic acid groups (broad SMARTS) is 1. The summed E-state index contributed by atoms with van der Waals surface area (Å²) < 4.78 is 0. The highest BCUT2D eigenvalue weighted by Crippen LogP contribution is 2.36.